The topological polar surface area (TPSA) is 24.5 Å². The van der Waals surface area contributed by atoms with Gasteiger partial charge in [0.15, 0.2) is 0 Å². The summed E-state index contributed by atoms with van der Waals surface area (Å²) in [6.45, 7) is 4.06. The third-order valence-corrected chi connectivity index (χ3v) is 3.73. The number of ether oxygens (including phenoxy) is 1. The van der Waals surface area contributed by atoms with Gasteiger partial charge in [0.2, 0.25) is 0 Å². The molecule has 5 heteroatoms. The molecule has 0 heterocycles. The Morgan fingerprint density at radius 2 is 1.83 bits per heavy atom. The highest BCUT2D eigenvalue weighted by atomic mass is 79.9. The Hall–Kier alpha value is -0.100. The van der Waals surface area contributed by atoms with Gasteiger partial charge in [0, 0.05) is 19.1 Å². The van der Waals surface area contributed by atoms with Crippen LogP contribution in [0.5, 0.6) is 5.75 Å². The number of methoxy groups -OCH3 is 1. The van der Waals surface area contributed by atoms with E-state index < -0.39 is 0 Å². The molecular weight excluding hydrogens is 360 g/mol. The van der Waals surface area contributed by atoms with Gasteiger partial charge in [-0.15, -0.1) is 0 Å². The van der Waals surface area contributed by atoms with Gasteiger partial charge in [-0.25, -0.2) is 0 Å². The molecular formula is C13H20Br2N2O. The molecule has 1 N–H and O–H groups in total. The van der Waals surface area contributed by atoms with Gasteiger partial charge in [-0.05, 0) is 70.6 Å². The molecule has 102 valence electrons. The molecule has 18 heavy (non-hydrogen) atoms. The summed E-state index contributed by atoms with van der Waals surface area (Å²) in [7, 11) is 5.83. The minimum atomic E-state index is 0.458. The molecule has 1 aromatic carbocycles. The Balaban J connectivity index is 2.63. The van der Waals surface area contributed by atoms with Crippen LogP contribution in [0.25, 0.3) is 0 Å². The summed E-state index contributed by atoms with van der Waals surface area (Å²) in [6.07, 6.45) is 0. The minimum absolute atomic E-state index is 0.458. The molecule has 0 spiro atoms. The number of nitrogens with one attached hydrogen (secondary N) is 1. The molecule has 0 radical (unpaired) electrons. The normalized spacial score (nSPS) is 12.8. The Bertz CT molecular complexity index is 374. The van der Waals surface area contributed by atoms with E-state index in [0.29, 0.717) is 6.04 Å². The van der Waals surface area contributed by atoms with Crippen molar-refractivity contribution in [3.05, 3.63) is 26.6 Å². The maximum Gasteiger partial charge on any atom is 0.147 e. The monoisotopic (exact) mass is 378 g/mol. The van der Waals surface area contributed by atoms with Gasteiger partial charge >= 0.3 is 0 Å². The van der Waals surface area contributed by atoms with Crippen LogP contribution in [-0.4, -0.2) is 38.7 Å². The largest absolute Gasteiger partial charge is 0.494 e. The van der Waals surface area contributed by atoms with E-state index in [9.17, 15) is 0 Å². The molecule has 1 aromatic rings. The summed E-state index contributed by atoms with van der Waals surface area (Å²) in [5.41, 5.74) is 1.22. The lowest BCUT2D eigenvalue weighted by atomic mass is 10.2. The Morgan fingerprint density at radius 1 is 1.28 bits per heavy atom. The molecule has 3 nitrogen and oxygen atoms in total. The first-order valence-electron chi connectivity index (χ1n) is 5.84. The van der Waals surface area contributed by atoms with Gasteiger partial charge in [0.05, 0.1) is 16.1 Å². The number of benzene rings is 1. The average Bonchev–Trinajstić information content (AvgIpc) is 2.25. The van der Waals surface area contributed by atoms with Crippen LogP contribution in [0, 0.1) is 0 Å². The second kappa shape index (κ2) is 7.48. The van der Waals surface area contributed by atoms with Gasteiger partial charge in [-0.1, -0.05) is 0 Å². The van der Waals surface area contributed by atoms with Crippen molar-refractivity contribution in [2.45, 2.75) is 19.5 Å². The summed E-state index contributed by atoms with van der Waals surface area (Å²) in [5, 5.41) is 3.50. The number of rotatable bonds is 6. The Labute approximate surface area is 126 Å². The zero-order valence-corrected chi connectivity index (χ0v) is 14.4. The zero-order chi connectivity index (χ0) is 13.7. The molecule has 1 rings (SSSR count). The minimum Gasteiger partial charge on any atom is -0.494 e. The van der Waals surface area contributed by atoms with Crippen molar-refractivity contribution in [2.24, 2.45) is 0 Å². The molecule has 0 fully saturated rings. The molecule has 0 saturated heterocycles. The number of halogens is 2. The van der Waals surface area contributed by atoms with Crippen molar-refractivity contribution in [3.8, 4) is 5.75 Å². The number of hydrogen-bond acceptors (Lipinski definition) is 3. The van der Waals surface area contributed by atoms with E-state index >= 15 is 0 Å². The van der Waals surface area contributed by atoms with Crippen LogP contribution < -0.4 is 10.1 Å². The summed E-state index contributed by atoms with van der Waals surface area (Å²) >= 11 is 7.03. The average molecular weight is 380 g/mol. The van der Waals surface area contributed by atoms with Crippen molar-refractivity contribution in [2.75, 3.05) is 27.7 Å². The number of likely N-dealkylation sites (N-methyl/N-ethyl adjacent to an activating group) is 1. The number of hydrogen-bond donors (Lipinski definition) is 1. The van der Waals surface area contributed by atoms with Crippen LogP contribution in [0.2, 0.25) is 0 Å². The lowest BCUT2D eigenvalue weighted by molar-refractivity contribution is 0.349. The van der Waals surface area contributed by atoms with Crippen molar-refractivity contribution >= 4 is 31.9 Å². The van der Waals surface area contributed by atoms with Crippen LogP contribution >= 0.6 is 31.9 Å². The second-order valence-corrected chi connectivity index (χ2v) is 6.35. The fourth-order valence-corrected chi connectivity index (χ4v) is 3.42. The quantitative estimate of drug-likeness (QED) is 0.820. The molecule has 1 unspecified atom stereocenters. The van der Waals surface area contributed by atoms with Crippen LogP contribution in [0.1, 0.15) is 12.5 Å². The summed E-state index contributed by atoms with van der Waals surface area (Å²) < 4.78 is 7.23. The molecule has 0 aliphatic rings. The lowest BCUT2D eigenvalue weighted by Crippen LogP contribution is -2.35. The van der Waals surface area contributed by atoms with E-state index in [4.69, 9.17) is 4.74 Å². The van der Waals surface area contributed by atoms with Gasteiger partial charge < -0.3 is 15.0 Å². The van der Waals surface area contributed by atoms with Crippen molar-refractivity contribution < 1.29 is 4.74 Å². The van der Waals surface area contributed by atoms with E-state index in [1.165, 1.54) is 5.56 Å². The van der Waals surface area contributed by atoms with Gasteiger partial charge in [0.1, 0.15) is 5.75 Å². The van der Waals surface area contributed by atoms with E-state index in [1.807, 2.05) is 0 Å². The predicted octanol–water partition coefficient (Wildman–Crippen LogP) is 3.26. The van der Waals surface area contributed by atoms with E-state index in [2.05, 4.69) is 75.2 Å². The molecule has 1 atom stereocenters. The maximum absolute atomic E-state index is 5.29. The Morgan fingerprint density at radius 3 is 2.28 bits per heavy atom. The van der Waals surface area contributed by atoms with Crippen molar-refractivity contribution in [3.63, 3.8) is 0 Å². The third kappa shape index (κ3) is 4.88. The fraction of sp³-hybridized carbons (Fsp3) is 0.538. The molecule has 0 amide bonds. The maximum atomic E-state index is 5.29. The van der Waals surface area contributed by atoms with Gasteiger partial charge in [-0.2, -0.15) is 0 Å². The zero-order valence-electron chi connectivity index (χ0n) is 11.3. The standard InChI is InChI=1S/C13H20Br2N2O/c1-9(8-17(2)3)16-7-10-5-11(14)13(18-4)12(15)6-10/h5-6,9,16H,7-8H2,1-4H3. The predicted molar refractivity (Wildman–Crippen MR) is 83.2 cm³/mol. The molecule has 0 aliphatic heterocycles. The highest BCUT2D eigenvalue weighted by molar-refractivity contribution is 9.11. The van der Waals surface area contributed by atoms with Crippen LogP contribution in [0.15, 0.2) is 21.1 Å². The molecule has 0 aliphatic carbocycles. The van der Waals surface area contributed by atoms with Crippen LogP contribution in [0.3, 0.4) is 0 Å². The summed E-state index contributed by atoms with van der Waals surface area (Å²) in [6, 6.07) is 4.62. The van der Waals surface area contributed by atoms with Gasteiger partial charge in [0.25, 0.3) is 0 Å². The summed E-state index contributed by atoms with van der Waals surface area (Å²) in [4.78, 5) is 2.18. The van der Waals surface area contributed by atoms with Crippen molar-refractivity contribution in [1.82, 2.24) is 10.2 Å². The number of nitrogens with zero attached hydrogens (tertiary/aromatic N) is 1. The molecule has 0 aromatic heterocycles. The fourth-order valence-electron chi connectivity index (χ4n) is 1.81. The highest BCUT2D eigenvalue weighted by Gasteiger charge is 2.09. The van der Waals surface area contributed by atoms with Crippen molar-refractivity contribution in [1.29, 1.82) is 0 Å². The first kappa shape index (κ1) is 16.0. The first-order valence-corrected chi connectivity index (χ1v) is 7.42. The molecule has 0 saturated carbocycles. The van der Waals surface area contributed by atoms with Crippen LogP contribution in [0.4, 0.5) is 0 Å². The lowest BCUT2D eigenvalue weighted by Gasteiger charge is -2.18. The van der Waals surface area contributed by atoms with E-state index in [-0.39, 0.29) is 0 Å². The van der Waals surface area contributed by atoms with Crippen LogP contribution in [-0.2, 0) is 6.54 Å². The summed E-state index contributed by atoms with van der Waals surface area (Å²) in [5.74, 6) is 0.833. The first-order chi connectivity index (χ1) is 8.43. The van der Waals surface area contributed by atoms with Gasteiger partial charge in [-0.3, -0.25) is 0 Å². The van der Waals surface area contributed by atoms with E-state index in [0.717, 1.165) is 27.8 Å². The molecule has 0 bridgehead atoms. The van der Waals surface area contributed by atoms with E-state index in [1.54, 1.807) is 7.11 Å². The second-order valence-electron chi connectivity index (χ2n) is 4.64. The SMILES string of the molecule is COc1c(Br)cc(CNC(C)CN(C)C)cc1Br. The highest BCUT2D eigenvalue weighted by Crippen LogP contribution is 2.34. The smallest absolute Gasteiger partial charge is 0.147 e. The third-order valence-electron chi connectivity index (χ3n) is 2.56. The Kier molecular flexibility index (Phi) is 6.63.